The van der Waals surface area contributed by atoms with E-state index in [1.807, 2.05) is 5.32 Å². The zero-order chi connectivity index (χ0) is 14.3. The van der Waals surface area contributed by atoms with Crippen LogP contribution in [0.5, 0.6) is 0 Å². The number of hydrogen-bond acceptors (Lipinski definition) is 6. The first-order valence-corrected chi connectivity index (χ1v) is 5.07. The van der Waals surface area contributed by atoms with E-state index in [1.165, 1.54) is 6.92 Å². The van der Waals surface area contributed by atoms with E-state index in [0.717, 1.165) is 0 Å². The quantitative estimate of drug-likeness (QED) is 0.412. The average molecular weight is 260 g/mol. The van der Waals surface area contributed by atoms with Gasteiger partial charge in [0.2, 0.25) is 5.91 Å². The van der Waals surface area contributed by atoms with Crippen molar-refractivity contribution in [1.82, 2.24) is 10.6 Å². The predicted molar refractivity (Wildman–Crippen MR) is 51.9 cm³/mol. The summed E-state index contributed by atoms with van der Waals surface area (Å²) in [6, 6.07) is -2.72. The highest BCUT2D eigenvalue weighted by Gasteiger charge is 2.20. The molecule has 0 saturated carbocycles. The van der Waals surface area contributed by atoms with E-state index in [2.05, 4.69) is 11.1 Å². The van der Waals surface area contributed by atoms with Gasteiger partial charge >= 0.3 is 0 Å². The lowest BCUT2D eigenvalue weighted by atomic mass is 10.2. The smallest absolute Gasteiger partial charge is 0.275 e. The van der Waals surface area contributed by atoms with Crippen LogP contribution in [0.2, 0.25) is 0 Å². The molecule has 0 aromatic heterocycles. The predicted octanol–water partition coefficient (Wildman–Crippen LogP) is -5.89. The highest BCUT2D eigenvalue weighted by molar-refractivity contribution is 5.91. The molecule has 2 atom stereocenters. The monoisotopic (exact) mass is 260 g/mol. The van der Waals surface area contributed by atoms with Crippen LogP contribution in [0.1, 0.15) is 13.3 Å². The molecular formula is C9H14N3O6-. The van der Waals surface area contributed by atoms with Crippen LogP contribution in [0.25, 0.3) is 0 Å². The van der Waals surface area contributed by atoms with Crippen molar-refractivity contribution in [2.24, 2.45) is 0 Å². The Morgan fingerprint density at radius 1 is 1.17 bits per heavy atom. The summed E-state index contributed by atoms with van der Waals surface area (Å²) < 4.78 is 0. The third-order valence-electron chi connectivity index (χ3n) is 1.97. The van der Waals surface area contributed by atoms with Gasteiger partial charge in [-0.3, -0.25) is 9.59 Å². The summed E-state index contributed by atoms with van der Waals surface area (Å²) in [5.41, 5.74) is 3.29. The van der Waals surface area contributed by atoms with E-state index in [-0.39, 0.29) is 6.54 Å². The Morgan fingerprint density at radius 2 is 1.72 bits per heavy atom. The molecule has 0 aromatic rings. The van der Waals surface area contributed by atoms with E-state index in [9.17, 15) is 29.4 Å². The van der Waals surface area contributed by atoms with Crippen molar-refractivity contribution in [2.75, 3.05) is 6.54 Å². The van der Waals surface area contributed by atoms with Gasteiger partial charge < -0.3 is 36.2 Å². The first-order chi connectivity index (χ1) is 8.27. The maximum absolute atomic E-state index is 11.4. The minimum Gasteiger partial charge on any atom is -0.550 e. The molecule has 0 unspecified atom stereocenters. The summed E-state index contributed by atoms with van der Waals surface area (Å²) in [5.74, 6) is -4.73. The number of aliphatic carboxylic acids is 2. The molecule has 2 amide bonds. The summed E-state index contributed by atoms with van der Waals surface area (Å²) in [6.45, 7) is 1.23. The van der Waals surface area contributed by atoms with Crippen molar-refractivity contribution < 1.29 is 35.1 Å². The van der Waals surface area contributed by atoms with Crippen molar-refractivity contribution in [3.8, 4) is 0 Å². The number of carbonyl (C=O) groups is 4. The molecule has 0 bridgehead atoms. The molecule has 102 valence electrons. The Labute approximate surface area is 102 Å². The van der Waals surface area contributed by atoms with Gasteiger partial charge in [-0.05, 0) is 6.92 Å². The van der Waals surface area contributed by atoms with E-state index in [4.69, 9.17) is 0 Å². The summed E-state index contributed by atoms with van der Waals surface area (Å²) in [7, 11) is 0. The fourth-order valence-electron chi connectivity index (χ4n) is 1.04. The molecule has 0 aliphatic rings. The van der Waals surface area contributed by atoms with Crippen LogP contribution in [0.4, 0.5) is 0 Å². The topological polar surface area (TPSA) is 166 Å². The number of quaternary nitrogens is 1. The molecule has 0 aromatic carbocycles. The normalized spacial score (nSPS) is 13.2. The number of amides is 2. The molecule has 0 rings (SSSR count). The second-order valence-electron chi connectivity index (χ2n) is 3.50. The van der Waals surface area contributed by atoms with Gasteiger partial charge in [0, 0.05) is 12.4 Å². The van der Waals surface area contributed by atoms with Crippen LogP contribution in [-0.4, -0.2) is 42.4 Å². The standard InChI is InChI=1S/C9H15N3O6/c1-4(11-6(13)3-10)8(16)12-5(9(17)18)2-7(14)15/h4-5H,2-3,10H2,1H3,(H,11,13)(H,12,16)(H,14,15)(H,17,18)/p-1/t4-,5-/m0/s1. The van der Waals surface area contributed by atoms with Gasteiger partial charge in [-0.1, -0.05) is 0 Å². The van der Waals surface area contributed by atoms with Crippen molar-refractivity contribution in [3.63, 3.8) is 0 Å². The maximum Gasteiger partial charge on any atom is 0.275 e. The summed E-state index contributed by atoms with van der Waals surface area (Å²) in [6.07, 6.45) is -0.913. The Kier molecular flexibility index (Phi) is 6.35. The number of nitrogens with one attached hydrogen (secondary N) is 2. The first-order valence-electron chi connectivity index (χ1n) is 5.07. The number of carbonyl (C=O) groups excluding carboxylic acids is 4. The maximum atomic E-state index is 11.4. The van der Waals surface area contributed by atoms with Gasteiger partial charge in [0.15, 0.2) is 6.54 Å². The van der Waals surface area contributed by atoms with Crippen LogP contribution in [0, 0.1) is 0 Å². The molecule has 5 N–H and O–H groups in total. The molecule has 0 aliphatic heterocycles. The van der Waals surface area contributed by atoms with E-state index >= 15 is 0 Å². The van der Waals surface area contributed by atoms with Crippen molar-refractivity contribution in [2.45, 2.75) is 25.4 Å². The van der Waals surface area contributed by atoms with E-state index < -0.39 is 42.3 Å². The summed E-state index contributed by atoms with van der Waals surface area (Å²) in [5, 5.41) is 25.0. The van der Waals surface area contributed by atoms with Crippen LogP contribution < -0.4 is 26.6 Å². The largest absolute Gasteiger partial charge is 0.550 e. The highest BCUT2D eigenvalue weighted by Crippen LogP contribution is 1.92. The second kappa shape index (κ2) is 7.22. The van der Waals surface area contributed by atoms with Crippen molar-refractivity contribution in [3.05, 3.63) is 0 Å². The zero-order valence-corrected chi connectivity index (χ0v) is 9.73. The number of hydrogen-bond donors (Lipinski definition) is 3. The minimum atomic E-state index is -1.75. The lowest BCUT2D eigenvalue weighted by Crippen LogP contribution is -2.60. The molecular weight excluding hydrogens is 246 g/mol. The Morgan fingerprint density at radius 3 is 2.11 bits per heavy atom. The van der Waals surface area contributed by atoms with Gasteiger partial charge in [0.1, 0.15) is 6.04 Å². The summed E-state index contributed by atoms with van der Waals surface area (Å²) in [4.78, 5) is 43.2. The van der Waals surface area contributed by atoms with Crippen LogP contribution in [0.15, 0.2) is 0 Å². The van der Waals surface area contributed by atoms with Crippen LogP contribution >= 0.6 is 0 Å². The minimum absolute atomic E-state index is 0.0828. The highest BCUT2D eigenvalue weighted by atomic mass is 16.4. The fraction of sp³-hybridized carbons (Fsp3) is 0.556. The number of carboxylic acid groups (broad SMARTS) is 2. The average Bonchev–Trinajstić information content (AvgIpc) is 2.26. The SMILES string of the molecule is C[C@H](NC(=O)C[NH3+])C(=O)N[C@@H](CC(=O)[O-])C(=O)[O-]. The second-order valence-corrected chi connectivity index (χ2v) is 3.50. The van der Waals surface area contributed by atoms with Gasteiger partial charge in [-0.25, -0.2) is 0 Å². The van der Waals surface area contributed by atoms with E-state index in [0.29, 0.717) is 0 Å². The van der Waals surface area contributed by atoms with Crippen molar-refractivity contribution >= 4 is 23.8 Å². The lowest BCUT2D eigenvalue weighted by Gasteiger charge is -2.22. The first kappa shape index (κ1) is 15.8. The molecule has 9 nitrogen and oxygen atoms in total. The Balaban J connectivity index is 4.45. The Hall–Kier alpha value is -2.16. The third kappa shape index (κ3) is 5.80. The van der Waals surface area contributed by atoms with Gasteiger partial charge in [-0.2, -0.15) is 0 Å². The Bertz CT molecular complexity index is 356. The van der Waals surface area contributed by atoms with Crippen LogP contribution in [0.3, 0.4) is 0 Å². The molecule has 0 heterocycles. The van der Waals surface area contributed by atoms with Crippen molar-refractivity contribution in [1.29, 1.82) is 0 Å². The van der Waals surface area contributed by atoms with Gasteiger partial charge in [0.05, 0.1) is 12.0 Å². The molecule has 0 radical (unpaired) electrons. The van der Waals surface area contributed by atoms with E-state index in [1.54, 1.807) is 0 Å². The summed E-state index contributed by atoms with van der Waals surface area (Å²) >= 11 is 0. The fourth-order valence-corrected chi connectivity index (χ4v) is 1.04. The van der Waals surface area contributed by atoms with Crippen LogP contribution in [-0.2, 0) is 19.2 Å². The zero-order valence-electron chi connectivity index (χ0n) is 9.73. The molecule has 18 heavy (non-hydrogen) atoms. The van der Waals surface area contributed by atoms with Gasteiger partial charge in [-0.15, -0.1) is 0 Å². The molecule has 9 heteroatoms. The number of rotatable bonds is 7. The molecule has 0 aliphatic carbocycles. The molecule has 0 saturated heterocycles. The van der Waals surface area contributed by atoms with Gasteiger partial charge in [0.25, 0.3) is 5.91 Å². The third-order valence-corrected chi connectivity index (χ3v) is 1.97. The lowest BCUT2D eigenvalue weighted by molar-refractivity contribution is -0.355. The number of carboxylic acids is 2. The molecule has 0 spiro atoms. The molecule has 0 fully saturated rings.